The number of thioether (sulfide) groups is 1. The Hall–Kier alpha value is -0.760. The topological polar surface area (TPSA) is 72.9 Å². The molecule has 0 bridgehead atoms. The summed E-state index contributed by atoms with van der Waals surface area (Å²) in [6.45, 7) is 8.02. The van der Waals surface area contributed by atoms with E-state index in [0.717, 1.165) is 0 Å². The molecule has 2 fully saturated rings. The summed E-state index contributed by atoms with van der Waals surface area (Å²) in [5.74, 6) is -2.57. The predicted molar refractivity (Wildman–Crippen MR) is 80.7 cm³/mol. The Kier molecular flexibility index (Phi) is 4.08. The lowest BCUT2D eigenvalue weighted by Crippen LogP contribution is -2.64. The molecular formula is C13H18BrNO5S. The first-order chi connectivity index (χ1) is 9.46. The van der Waals surface area contributed by atoms with Gasteiger partial charge in [-0.25, -0.2) is 4.79 Å². The molecule has 8 heteroatoms. The van der Waals surface area contributed by atoms with Crippen LogP contribution in [0.1, 0.15) is 34.6 Å². The van der Waals surface area contributed by atoms with Crippen molar-refractivity contribution in [3.05, 3.63) is 0 Å². The van der Waals surface area contributed by atoms with Crippen molar-refractivity contribution >= 4 is 45.5 Å². The third kappa shape index (κ3) is 2.92. The lowest BCUT2D eigenvalue weighted by atomic mass is 9.98. The van der Waals surface area contributed by atoms with Crippen LogP contribution in [-0.4, -0.2) is 49.5 Å². The predicted octanol–water partition coefficient (Wildman–Crippen LogP) is 1.65. The number of nitrogens with zero attached hydrogens (tertiary/aromatic N) is 1. The Labute approximate surface area is 136 Å². The molecule has 0 radical (unpaired) electrons. The van der Waals surface area contributed by atoms with Gasteiger partial charge in [0.1, 0.15) is 16.2 Å². The van der Waals surface area contributed by atoms with Crippen LogP contribution in [-0.2, 0) is 23.9 Å². The van der Waals surface area contributed by atoms with Crippen molar-refractivity contribution in [2.45, 2.75) is 61.4 Å². The van der Waals surface area contributed by atoms with Crippen LogP contribution in [0.15, 0.2) is 0 Å². The van der Waals surface area contributed by atoms with E-state index < -0.39 is 28.5 Å². The number of β-lactam (4-membered cyclic amide) rings is 1. The molecule has 0 aromatic carbocycles. The maximum absolute atomic E-state index is 12.5. The molecule has 2 heterocycles. The summed E-state index contributed by atoms with van der Waals surface area (Å²) in [5.41, 5.74) is 0. The fraction of sp³-hybridized carbons (Fsp3) is 0.769. The standard InChI is InChI=1S/C13H18BrNO5S/c1-6(16)19-13(4,5)20-11(18)8-12(2,3)21-10-7(14)9(17)15(8)10/h7-8,10H,1-5H3/t7-,8+,10-/m1/s1. The third-order valence-electron chi connectivity index (χ3n) is 3.34. The minimum Gasteiger partial charge on any atom is -0.423 e. The number of alkyl halides is 1. The first-order valence-electron chi connectivity index (χ1n) is 6.53. The number of hydrogen-bond donors (Lipinski definition) is 0. The Morgan fingerprint density at radius 3 is 2.43 bits per heavy atom. The second-order valence-electron chi connectivity index (χ2n) is 6.08. The minimum atomic E-state index is -1.36. The molecule has 2 aliphatic rings. The zero-order chi connectivity index (χ0) is 16.2. The number of rotatable bonds is 3. The number of amides is 1. The smallest absolute Gasteiger partial charge is 0.333 e. The molecule has 3 atom stereocenters. The molecule has 1 amide bonds. The van der Waals surface area contributed by atoms with Crippen molar-refractivity contribution < 1.29 is 23.9 Å². The monoisotopic (exact) mass is 379 g/mol. The Bertz CT molecular complexity index is 507. The first kappa shape index (κ1) is 16.6. The van der Waals surface area contributed by atoms with Gasteiger partial charge in [0.2, 0.25) is 5.91 Å². The first-order valence-corrected chi connectivity index (χ1v) is 8.32. The molecule has 2 saturated heterocycles. The summed E-state index contributed by atoms with van der Waals surface area (Å²) in [5, 5.41) is -0.0677. The molecule has 0 aromatic heterocycles. The highest BCUT2D eigenvalue weighted by atomic mass is 79.9. The van der Waals surface area contributed by atoms with Gasteiger partial charge in [-0.05, 0) is 13.8 Å². The minimum absolute atomic E-state index is 0.0677. The second kappa shape index (κ2) is 5.15. The summed E-state index contributed by atoms with van der Waals surface area (Å²) in [6, 6.07) is -0.691. The number of ether oxygens (including phenoxy) is 2. The summed E-state index contributed by atoms with van der Waals surface area (Å²) >= 11 is 4.88. The van der Waals surface area contributed by atoms with Gasteiger partial charge in [0.25, 0.3) is 5.79 Å². The highest BCUT2D eigenvalue weighted by Crippen LogP contribution is 2.53. The van der Waals surface area contributed by atoms with Gasteiger partial charge in [0.05, 0.1) is 0 Å². The van der Waals surface area contributed by atoms with Crippen molar-refractivity contribution in [1.82, 2.24) is 4.90 Å². The molecule has 0 saturated carbocycles. The van der Waals surface area contributed by atoms with E-state index in [1.165, 1.54) is 25.7 Å². The molecule has 21 heavy (non-hydrogen) atoms. The SMILES string of the molecule is CC(=O)OC(C)(C)OC(=O)[C@@H]1N2C(=O)[C@@H](Br)[C@H]2SC1(C)C. The summed E-state index contributed by atoms with van der Waals surface area (Å²) < 4.78 is 9.80. The average Bonchev–Trinajstić information content (AvgIpc) is 2.55. The number of fused-ring (bicyclic) bond motifs is 1. The molecule has 2 aliphatic heterocycles. The highest BCUT2D eigenvalue weighted by Gasteiger charge is 2.63. The molecule has 0 unspecified atom stereocenters. The van der Waals surface area contributed by atoms with E-state index in [-0.39, 0.29) is 16.1 Å². The number of carbonyl (C=O) groups is 3. The zero-order valence-corrected chi connectivity index (χ0v) is 14.9. The van der Waals surface area contributed by atoms with E-state index in [1.54, 1.807) is 11.8 Å². The number of hydrogen-bond acceptors (Lipinski definition) is 6. The van der Waals surface area contributed by atoms with Crippen LogP contribution in [0, 0.1) is 0 Å². The molecule has 0 aromatic rings. The van der Waals surface area contributed by atoms with Crippen LogP contribution in [0.25, 0.3) is 0 Å². The van der Waals surface area contributed by atoms with Crippen LogP contribution >= 0.6 is 27.7 Å². The van der Waals surface area contributed by atoms with Gasteiger partial charge in [-0.2, -0.15) is 0 Å². The van der Waals surface area contributed by atoms with E-state index in [0.29, 0.717) is 0 Å². The van der Waals surface area contributed by atoms with Gasteiger partial charge < -0.3 is 14.4 Å². The molecular weight excluding hydrogens is 362 g/mol. The molecule has 118 valence electrons. The van der Waals surface area contributed by atoms with E-state index >= 15 is 0 Å². The van der Waals surface area contributed by atoms with Crippen molar-refractivity contribution in [2.75, 3.05) is 0 Å². The lowest BCUT2D eigenvalue weighted by molar-refractivity contribution is -0.219. The van der Waals surface area contributed by atoms with Crippen LogP contribution in [0.4, 0.5) is 0 Å². The molecule has 0 spiro atoms. The van der Waals surface area contributed by atoms with Crippen LogP contribution in [0.5, 0.6) is 0 Å². The number of halogens is 1. The summed E-state index contributed by atoms with van der Waals surface area (Å²) in [4.78, 5) is 36.7. The maximum Gasteiger partial charge on any atom is 0.333 e. The fourth-order valence-electron chi connectivity index (χ4n) is 2.61. The number of carbonyl (C=O) groups excluding carboxylic acids is 3. The van der Waals surface area contributed by atoms with Crippen molar-refractivity contribution in [2.24, 2.45) is 0 Å². The van der Waals surface area contributed by atoms with Gasteiger partial charge in [-0.15, -0.1) is 11.8 Å². The Balaban J connectivity index is 2.15. The van der Waals surface area contributed by atoms with Gasteiger partial charge in [0.15, 0.2) is 0 Å². The van der Waals surface area contributed by atoms with Gasteiger partial charge in [-0.3, -0.25) is 9.59 Å². The average molecular weight is 380 g/mol. The van der Waals surface area contributed by atoms with Crippen LogP contribution in [0.3, 0.4) is 0 Å². The van der Waals surface area contributed by atoms with Gasteiger partial charge in [0, 0.05) is 25.5 Å². The molecule has 0 aliphatic carbocycles. The van der Waals surface area contributed by atoms with E-state index in [9.17, 15) is 14.4 Å². The van der Waals surface area contributed by atoms with E-state index in [1.807, 2.05) is 13.8 Å². The highest BCUT2D eigenvalue weighted by molar-refractivity contribution is 9.10. The Morgan fingerprint density at radius 2 is 1.90 bits per heavy atom. The molecule has 2 rings (SSSR count). The quantitative estimate of drug-likeness (QED) is 0.321. The van der Waals surface area contributed by atoms with E-state index in [2.05, 4.69) is 15.9 Å². The van der Waals surface area contributed by atoms with Crippen molar-refractivity contribution in [3.8, 4) is 0 Å². The summed E-state index contributed by atoms with van der Waals surface area (Å²) in [7, 11) is 0. The normalized spacial score (nSPS) is 30.5. The Morgan fingerprint density at radius 1 is 1.33 bits per heavy atom. The second-order valence-corrected chi connectivity index (χ2v) is 8.83. The van der Waals surface area contributed by atoms with Crippen LogP contribution in [0.2, 0.25) is 0 Å². The number of esters is 2. The summed E-state index contributed by atoms with van der Waals surface area (Å²) in [6.07, 6.45) is 0. The van der Waals surface area contributed by atoms with Crippen LogP contribution < -0.4 is 0 Å². The third-order valence-corrected chi connectivity index (χ3v) is 6.15. The lowest BCUT2D eigenvalue weighted by Gasteiger charge is -2.41. The fourth-order valence-corrected chi connectivity index (χ4v) is 4.96. The van der Waals surface area contributed by atoms with Crippen molar-refractivity contribution in [3.63, 3.8) is 0 Å². The maximum atomic E-state index is 12.5. The van der Waals surface area contributed by atoms with Gasteiger partial charge >= 0.3 is 11.9 Å². The zero-order valence-electron chi connectivity index (χ0n) is 12.5. The molecule has 0 N–H and O–H groups in total. The van der Waals surface area contributed by atoms with E-state index in [4.69, 9.17) is 9.47 Å². The van der Waals surface area contributed by atoms with Gasteiger partial charge in [-0.1, -0.05) is 15.9 Å². The van der Waals surface area contributed by atoms with Crippen molar-refractivity contribution in [1.29, 1.82) is 0 Å². The molecule has 6 nitrogen and oxygen atoms in total. The largest absolute Gasteiger partial charge is 0.423 e.